The minimum absolute atomic E-state index is 0.0380. The number of amides is 1. The van der Waals surface area contributed by atoms with Crippen LogP contribution in [0.1, 0.15) is 37.3 Å². The molecular weight excluding hydrogens is 452 g/mol. The van der Waals surface area contributed by atoms with Gasteiger partial charge in [0.15, 0.2) is 0 Å². The van der Waals surface area contributed by atoms with Crippen molar-refractivity contribution in [2.24, 2.45) is 18.9 Å². The second kappa shape index (κ2) is 8.85. The van der Waals surface area contributed by atoms with Gasteiger partial charge in [0.2, 0.25) is 5.91 Å². The van der Waals surface area contributed by atoms with Crippen LogP contribution in [0.3, 0.4) is 0 Å². The van der Waals surface area contributed by atoms with E-state index in [0.717, 1.165) is 62.1 Å². The van der Waals surface area contributed by atoms with Crippen LogP contribution in [-0.4, -0.2) is 70.5 Å². The number of piperazine rings is 1. The molecule has 190 valence electrons. The normalized spacial score (nSPS) is 28.6. The fraction of sp³-hybridized carbons (Fsp3) is 0.536. The van der Waals surface area contributed by atoms with Gasteiger partial charge in [-0.2, -0.15) is 5.10 Å². The SMILES string of the molecule is Cc1cc2cnc(NC(=O)[C@H]3C(c4cnn(C)c4)[C@@H]3C)cc2cc1N1CCN(C2(C)CCOC2)CC1. The van der Waals surface area contributed by atoms with E-state index in [9.17, 15) is 4.79 Å². The Kier molecular flexibility index (Phi) is 5.76. The van der Waals surface area contributed by atoms with Gasteiger partial charge >= 0.3 is 0 Å². The van der Waals surface area contributed by atoms with Crippen molar-refractivity contribution < 1.29 is 9.53 Å². The first kappa shape index (κ1) is 23.4. The van der Waals surface area contributed by atoms with Crippen molar-refractivity contribution in [3.8, 4) is 0 Å². The second-order valence-electron chi connectivity index (χ2n) is 11.2. The summed E-state index contributed by atoms with van der Waals surface area (Å²) in [7, 11) is 1.91. The van der Waals surface area contributed by atoms with Gasteiger partial charge in [-0.15, -0.1) is 0 Å². The molecule has 2 aromatic heterocycles. The van der Waals surface area contributed by atoms with E-state index >= 15 is 0 Å². The number of carbonyl (C=O) groups is 1. The Morgan fingerprint density at radius 2 is 1.94 bits per heavy atom. The quantitative estimate of drug-likeness (QED) is 0.592. The highest BCUT2D eigenvalue weighted by Crippen LogP contribution is 2.54. The average molecular weight is 489 g/mol. The molecule has 3 aliphatic rings. The molecule has 2 aliphatic heterocycles. The molecule has 1 N–H and O–H groups in total. The lowest BCUT2D eigenvalue weighted by molar-refractivity contribution is -0.117. The first-order valence-corrected chi connectivity index (χ1v) is 13.1. The minimum Gasteiger partial charge on any atom is -0.379 e. The zero-order chi connectivity index (χ0) is 25.0. The molecule has 0 spiro atoms. The molecule has 4 heterocycles. The van der Waals surface area contributed by atoms with E-state index in [1.54, 1.807) is 4.68 Å². The first-order chi connectivity index (χ1) is 17.3. The van der Waals surface area contributed by atoms with Crippen LogP contribution in [-0.2, 0) is 16.6 Å². The summed E-state index contributed by atoms with van der Waals surface area (Å²) in [5.74, 6) is 1.15. The van der Waals surface area contributed by atoms with Crippen LogP contribution in [0.5, 0.6) is 0 Å². The maximum atomic E-state index is 13.0. The van der Waals surface area contributed by atoms with Gasteiger partial charge < -0.3 is 15.0 Å². The molecule has 2 saturated heterocycles. The summed E-state index contributed by atoms with van der Waals surface area (Å²) in [6, 6.07) is 6.48. The Hall–Kier alpha value is -2.97. The lowest BCUT2D eigenvalue weighted by atomic mass is 9.97. The maximum Gasteiger partial charge on any atom is 0.229 e. The molecule has 0 bridgehead atoms. The molecule has 3 fully saturated rings. The number of fused-ring (bicyclic) bond motifs is 1. The van der Waals surface area contributed by atoms with Crippen LogP contribution in [0.2, 0.25) is 0 Å². The summed E-state index contributed by atoms with van der Waals surface area (Å²) in [6.07, 6.45) is 6.87. The van der Waals surface area contributed by atoms with Crippen LogP contribution in [0.4, 0.5) is 11.5 Å². The number of benzene rings is 1. The zero-order valence-corrected chi connectivity index (χ0v) is 21.7. The highest BCUT2D eigenvalue weighted by atomic mass is 16.5. The zero-order valence-electron chi connectivity index (χ0n) is 21.7. The number of anilines is 2. The topological polar surface area (TPSA) is 75.5 Å². The molecular formula is C28H36N6O2. The number of nitrogens with zero attached hydrogens (tertiary/aromatic N) is 5. The summed E-state index contributed by atoms with van der Waals surface area (Å²) in [5.41, 5.74) is 3.84. The Labute approximate surface area is 212 Å². The Bertz CT molecular complexity index is 1290. The maximum absolute atomic E-state index is 13.0. The van der Waals surface area contributed by atoms with Crippen LogP contribution in [0, 0.1) is 18.8 Å². The van der Waals surface area contributed by atoms with Crippen molar-refractivity contribution in [2.45, 2.75) is 38.6 Å². The molecule has 36 heavy (non-hydrogen) atoms. The average Bonchev–Trinajstić information content (AvgIpc) is 3.15. The van der Waals surface area contributed by atoms with Gasteiger partial charge in [0.05, 0.1) is 12.8 Å². The smallest absolute Gasteiger partial charge is 0.229 e. The van der Waals surface area contributed by atoms with E-state index in [1.807, 2.05) is 31.7 Å². The number of hydrogen-bond acceptors (Lipinski definition) is 6. The Morgan fingerprint density at radius 1 is 1.14 bits per heavy atom. The van der Waals surface area contributed by atoms with Gasteiger partial charge in [-0.25, -0.2) is 4.98 Å². The van der Waals surface area contributed by atoms with Crippen molar-refractivity contribution in [3.05, 3.63) is 47.9 Å². The largest absolute Gasteiger partial charge is 0.379 e. The van der Waals surface area contributed by atoms with E-state index in [-0.39, 0.29) is 23.3 Å². The number of aryl methyl sites for hydroxylation is 2. The van der Waals surface area contributed by atoms with Crippen LogP contribution >= 0.6 is 0 Å². The highest BCUT2D eigenvalue weighted by molar-refractivity contribution is 5.97. The molecule has 1 aliphatic carbocycles. The summed E-state index contributed by atoms with van der Waals surface area (Å²) in [6.45, 7) is 12.5. The third kappa shape index (κ3) is 4.16. The van der Waals surface area contributed by atoms with E-state index < -0.39 is 0 Å². The number of nitrogens with one attached hydrogen (secondary N) is 1. The summed E-state index contributed by atoms with van der Waals surface area (Å²) in [4.78, 5) is 22.7. The van der Waals surface area contributed by atoms with Gasteiger partial charge in [-0.05, 0) is 60.9 Å². The van der Waals surface area contributed by atoms with E-state index in [1.165, 1.54) is 11.3 Å². The number of aromatic nitrogens is 3. The fourth-order valence-electron chi connectivity index (χ4n) is 6.29. The summed E-state index contributed by atoms with van der Waals surface area (Å²) in [5, 5.41) is 9.54. The van der Waals surface area contributed by atoms with Gasteiger partial charge in [0.1, 0.15) is 5.82 Å². The van der Waals surface area contributed by atoms with Crippen LogP contribution in [0.25, 0.3) is 10.8 Å². The molecule has 3 aromatic rings. The number of hydrogen-bond donors (Lipinski definition) is 1. The van der Waals surface area contributed by atoms with Gasteiger partial charge in [-0.1, -0.05) is 6.92 Å². The molecule has 8 nitrogen and oxygen atoms in total. The number of carbonyl (C=O) groups excluding carboxylic acids is 1. The van der Waals surface area contributed by atoms with Crippen molar-refractivity contribution in [2.75, 3.05) is 49.6 Å². The minimum atomic E-state index is -0.0382. The van der Waals surface area contributed by atoms with Gasteiger partial charge in [-0.3, -0.25) is 14.4 Å². The predicted molar refractivity (Wildman–Crippen MR) is 141 cm³/mol. The molecule has 8 heteroatoms. The summed E-state index contributed by atoms with van der Waals surface area (Å²) < 4.78 is 7.48. The third-order valence-electron chi connectivity index (χ3n) is 8.66. The predicted octanol–water partition coefficient (Wildman–Crippen LogP) is 3.57. The van der Waals surface area contributed by atoms with E-state index in [4.69, 9.17) is 4.74 Å². The molecule has 4 atom stereocenters. The lowest BCUT2D eigenvalue weighted by Crippen LogP contribution is -2.56. The number of ether oxygens (including phenoxy) is 1. The van der Waals surface area contributed by atoms with Crippen molar-refractivity contribution in [3.63, 3.8) is 0 Å². The molecule has 1 amide bonds. The number of rotatable bonds is 5. The van der Waals surface area contributed by atoms with Crippen molar-refractivity contribution >= 4 is 28.2 Å². The second-order valence-corrected chi connectivity index (χ2v) is 11.2. The summed E-state index contributed by atoms with van der Waals surface area (Å²) >= 11 is 0. The fourth-order valence-corrected chi connectivity index (χ4v) is 6.29. The van der Waals surface area contributed by atoms with E-state index in [0.29, 0.717) is 11.7 Å². The van der Waals surface area contributed by atoms with Crippen molar-refractivity contribution in [1.29, 1.82) is 0 Å². The highest BCUT2D eigenvalue weighted by Gasteiger charge is 2.53. The molecule has 6 rings (SSSR count). The Morgan fingerprint density at radius 3 is 2.64 bits per heavy atom. The molecule has 0 radical (unpaired) electrons. The van der Waals surface area contributed by atoms with Gasteiger partial charge in [0, 0.05) is 80.7 Å². The van der Waals surface area contributed by atoms with Crippen LogP contribution < -0.4 is 10.2 Å². The monoisotopic (exact) mass is 488 g/mol. The lowest BCUT2D eigenvalue weighted by Gasteiger charge is -2.44. The first-order valence-electron chi connectivity index (χ1n) is 13.1. The molecule has 1 aromatic carbocycles. The Balaban J connectivity index is 1.16. The standard InChI is InChI=1S/C28H36N6O2/c1-18-11-21-14-29-24(31-27(35)26-19(2)25(26)22-15-30-32(4)16-22)13-20(21)12-23(18)33-6-8-34(9-7-33)28(3)5-10-36-17-28/h11-16,19,25-26H,5-10,17H2,1-4H3,(H,29,31,35)/t19-,25?,26+,28?/m0/s1. The van der Waals surface area contributed by atoms with Crippen molar-refractivity contribution in [1.82, 2.24) is 19.7 Å². The third-order valence-corrected chi connectivity index (χ3v) is 8.66. The molecule has 2 unspecified atom stereocenters. The van der Waals surface area contributed by atoms with Gasteiger partial charge in [0.25, 0.3) is 0 Å². The van der Waals surface area contributed by atoms with Crippen LogP contribution in [0.15, 0.2) is 36.8 Å². The van der Waals surface area contributed by atoms with E-state index in [2.05, 4.69) is 58.1 Å². The molecule has 1 saturated carbocycles. The number of pyridine rings is 1.